The number of nitrogens with one attached hydrogen (secondary N) is 1. The number of nitrogens with two attached hydrogens (primary N) is 1. The van der Waals surface area contributed by atoms with Crippen LogP contribution in [0.2, 0.25) is 0 Å². The van der Waals surface area contributed by atoms with Crippen LogP contribution in [-0.2, 0) is 14.3 Å². The van der Waals surface area contributed by atoms with E-state index in [1.807, 2.05) is 0 Å². The second kappa shape index (κ2) is 12.4. The van der Waals surface area contributed by atoms with E-state index in [4.69, 9.17) is 30.3 Å². The van der Waals surface area contributed by atoms with Gasteiger partial charge in [-0.3, -0.25) is 9.79 Å². The fourth-order valence-corrected chi connectivity index (χ4v) is 12.8. The molecule has 0 spiro atoms. The third-order valence-corrected chi connectivity index (χ3v) is 17.1. The molecule has 0 amide bonds. The van der Waals surface area contributed by atoms with E-state index in [0.29, 0.717) is 37.6 Å². The quantitative estimate of drug-likeness (QED) is 0.247. The molecule has 1 saturated heterocycles. The molecule has 7 rings (SSSR count). The molecule has 290 valence electrons. The number of rotatable bonds is 8. The summed E-state index contributed by atoms with van der Waals surface area (Å²) in [6.45, 7) is 28.1. The zero-order chi connectivity index (χ0) is 37.9. The van der Waals surface area contributed by atoms with Gasteiger partial charge < -0.3 is 25.6 Å². The van der Waals surface area contributed by atoms with E-state index in [1.54, 1.807) is 6.33 Å². The number of fused-ring (bicyclic) bond motifs is 3. The predicted octanol–water partition coefficient (Wildman–Crippen LogP) is 6.91. The monoisotopic (exact) mass is 721 g/mol. The Morgan fingerprint density at radius 1 is 1.12 bits per heavy atom. The number of carboxylic acids is 1. The van der Waals surface area contributed by atoms with Crippen molar-refractivity contribution in [2.24, 2.45) is 72.8 Å². The second-order valence-electron chi connectivity index (χ2n) is 20.7. The Labute approximate surface area is 312 Å². The maximum absolute atomic E-state index is 13.6. The molecule has 12 atom stereocenters. The van der Waals surface area contributed by atoms with Gasteiger partial charge in [0.25, 0.3) is 0 Å². The predicted molar refractivity (Wildman–Crippen MR) is 204 cm³/mol. The minimum absolute atomic E-state index is 0.109. The van der Waals surface area contributed by atoms with E-state index in [-0.39, 0.29) is 39.7 Å². The van der Waals surface area contributed by atoms with Crippen molar-refractivity contribution in [3.05, 3.63) is 23.8 Å². The van der Waals surface area contributed by atoms with Gasteiger partial charge in [0.15, 0.2) is 11.7 Å². The summed E-state index contributed by atoms with van der Waals surface area (Å²) in [5, 5.41) is 19.6. The van der Waals surface area contributed by atoms with Crippen LogP contribution in [0.4, 0.5) is 0 Å². The highest BCUT2D eigenvalue weighted by atomic mass is 16.5. The lowest BCUT2D eigenvalue weighted by atomic mass is 9.34. The number of carbonyl (C=O) groups is 1. The van der Waals surface area contributed by atoms with Gasteiger partial charge >= 0.3 is 5.97 Å². The van der Waals surface area contributed by atoms with Gasteiger partial charge in [0, 0.05) is 17.5 Å². The fourth-order valence-electron chi connectivity index (χ4n) is 12.8. The molecule has 10 nitrogen and oxygen atoms in total. The summed E-state index contributed by atoms with van der Waals surface area (Å²) in [7, 11) is 0. The molecule has 4 fully saturated rings. The van der Waals surface area contributed by atoms with Gasteiger partial charge in [-0.15, -0.1) is 0 Å². The zero-order valence-corrected chi connectivity index (χ0v) is 34.0. The molecule has 0 radical (unpaired) electrons. The average Bonchev–Trinajstić information content (AvgIpc) is 3.76. The summed E-state index contributed by atoms with van der Waals surface area (Å²) >= 11 is 0. The van der Waals surface area contributed by atoms with E-state index in [2.05, 4.69) is 92.2 Å². The molecule has 4 aliphatic carbocycles. The average molecular weight is 721 g/mol. The zero-order valence-electron chi connectivity index (χ0n) is 34.0. The van der Waals surface area contributed by atoms with Crippen LogP contribution in [0.5, 0.6) is 0 Å². The topological polar surface area (TPSA) is 137 Å². The lowest BCUT2D eigenvalue weighted by molar-refractivity contribution is -0.255. The first-order valence-corrected chi connectivity index (χ1v) is 20.3. The van der Waals surface area contributed by atoms with Gasteiger partial charge in [0.2, 0.25) is 0 Å². The minimum atomic E-state index is -0.633. The summed E-state index contributed by atoms with van der Waals surface area (Å²) < 4.78 is 16.3. The highest BCUT2D eigenvalue weighted by Gasteiger charge is 2.73. The van der Waals surface area contributed by atoms with Crippen LogP contribution in [0.3, 0.4) is 0 Å². The van der Waals surface area contributed by atoms with Crippen LogP contribution in [0.15, 0.2) is 23.0 Å². The van der Waals surface area contributed by atoms with Gasteiger partial charge in [0.1, 0.15) is 6.33 Å². The Morgan fingerprint density at radius 3 is 2.48 bits per heavy atom. The first kappa shape index (κ1) is 38.0. The Hall–Kier alpha value is -2.30. The molecule has 6 aliphatic rings. The lowest BCUT2D eigenvalue weighted by Crippen LogP contribution is -2.70. The fraction of sp³-hybridized carbons (Fsp3) is 0.857. The Balaban J connectivity index is 1.40. The standard InChI is InChI=1S/C42H68N6O4/c1-25(2)26(3)38(8)16-17-39(9)27-12-13-30-37(7)20-29(48-34(46-24-47-48)33-44-18-19-45-33)32(52-22-41(11,43)36(4,5)6)42(30,23-51-21-37)28(27)14-15-40(39,10)31(38)35(49)50/h14,24-27,29-32H,12-13,15-23,43H2,1-11H3,(H,44,45)(H,49,50)/t26-,27+,29-,30-,31-,32+,37-,38-,39-,40+,41+,42+/m1/s1. The third-order valence-electron chi connectivity index (χ3n) is 17.1. The lowest BCUT2D eigenvalue weighted by Gasteiger charge is -2.71. The minimum Gasteiger partial charge on any atom is -0.481 e. The van der Waals surface area contributed by atoms with Crippen molar-refractivity contribution in [1.82, 2.24) is 20.1 Å². The van der Waals surface area contributed by atoms with Crippen LogP contribution in [-0.4, -0.2) is 76.2 Å². The Kier molecular flexibility index (Phi) is 9.03. The molecule has 0 unspecified atom stereocenters. The molecule has 3 saturated carbocycles. The Bertz CT molecular complexity index is 1630. The summed E-state index contributed by atoms with van der Waals surface area (Å²) in [5.74, 6) is 1.76. The van der Waals surface area contributed by atoms with Gasteiger partial charge in [-0.2, -0.15) is 5.10 Å². The highest BCUT2D eigenvalue weighted by molar-refractivity contribution is 5.96. The molecule has 0 aromatic carbocycles. The number of amidine groups is 1. The van der Waals surface area contributed by atoms with Gasteiger partial charge in [0.05, 0.1) is 44.4 Å². The van der Waals surface area contributed by atoms with E-state index in [9.17, 15) is 9.90 Å². The maximum Gasteiger partial charge on any atom is 0.307 e. The number of aliphatic imine (C=N–C) groups is 1. The summed E-state index contributed by atoms with van der Waals surface area (Å²) in [6.07, 6.45) is 9.54. The first-order valence-electron chi connectivity index (χ1n) is 20.3. The number of aliphatic carboxylic acids is 1. The molecule has 1 aromatic rings. The SMILES string of the molecule is CC(C)[C@@H](C)[C@@]1(C)CC[C@]2(C)[C@H]3CC[C@@H]4[C@@]5(C)COC[C@@]4(C3=CC[C@@]2(C)[C@@H]1C(=O)O)[C@@H](OC[C@](C)(N)C(C)(C)C)[C@H](n1ncnc1C1=NCCN1)C5. The Morgan fingerprint density at radius 2 is 1.85 bits per heavy atom. The number of allylic oxidation sites excluding steroid dienone is 1. The largest absolute Gasteiger partial charge is 0.481 e. The van der Waals surface area contributed by atoms with Crippen molar-refractivity contribution < 1.29 is 19.4 Å². The highest BCUT2D eigenvalue weighted by Crippen LogP contribution is 2.75. The summed E-state index contributed by atoms with van der Waals surface area (Å²) in [5.41, 5.74) is 6.36. The molecule has 1 aromatic heterocycles. The van der Waals surface area contributed by atoms with Crippen LogP contribution >= 0.6 is 0 Å². The summed E-state index contributed by atoms with van der Waals surface area (Å²) in [6, 6.07) is -0.113. The molecule has 10 heteroatoms. The van der Waals surface area contributed by atoms with Crippen molar-refractivity contribution >= 4 is 11.8 Å². The van der Waals surface area contributed by atoms with Crippen molar-refractivity contribution in [1.29, 1.82) is 0 Å². The van der Waals surface area contributed by atoms with Crippen LogP contribution in [0, 0.1) is 62.1 Å². The van der Waals surface area contributed by atoms with Crippen LogP contribution in [0.25, 0.3) is 0 Å². The molecular formula is C42H68N6O4. The van der Waals surface area contributed by atoms with Crippen molar-refractivity contribution in [2.45, 2.75) is 132 Å². The number of hydrogen-bond acceptors (Lipinski definition) is 8. The molecule has 2 bridgehead atoms. The number of hydrogen-bond donors (Lipinski definition) is 3. The first-order chi connectivity index (χ1) is 24.2. The third kappa shape index (κ3) is 5.18. The van der Waals surface area contributed by atoms with E-state index >= 15 is 0 Å². The molecule has 52 heavy (non-hydrogen) atoms. The number of nitrogens with zero attached hydrogens (tertiary/aromatic N) is 4. The van der Waals surface area contributed by atoms with Gasteiger partial charge in [-0.05, 0) is 96.2 Å². The smallest absolute Gasteiger partial charge is 0.307 e. The second-order valence-corrected chi connectivity index (χ2v) is 20.7. The summed E-state index contributed by atoms with van der Waals surface area (Å²) in [4.78, 5) is 23.2. The van der Waals surface area contributed by atoms with E-state index in [1.165, 1.54) is 5.57 Å². The normalized spacial score (nSPS) is 43.3. The van der Waals surface area contributed by atoms with Crippen molar-refractivity contribution in [3.63, 3.8) is 0 Å². The maximum atomic E-state index is 13.6. The molecule has 4 N–H and O–H groups in total. The number of ether oxygens (including phenoxy) is 2. The van der Waals surface area contributed by atoms with Gasteiger partial charge in [-0.1, -0.05) is 80.9 Å². The molecule has 2 aliphatic heterocycles. The van der Waals surface area contributed by atoms with Crippen molar-refractivity contribution in [3.8, 4) is 0 Å². The van der Waals surface area contributed by atoms with Crippen LogP contribution in [0.1, 0.15) is 127 Å². The van der Waals surface area contributed by atoms with E-state index in [0.717, 1.165) is 63.3 Å². The molecule has 3 heterocycles. The molecular weight excluding hydrogens is 652 g/mol. The van der Waals surface area contributed by atoms with Crippen LogP contribution < -0.4 is 11.1 Å². The number of carboxylic acid groups (broad SMARTS) is 1. The van der Waals surface area contributed by atoms with Crippen molar-refractivity contribution in [2.75, 3.05) is 32.9 Å². The van der Waals surface area contributed by atoms with Gasteiger partial charge in [-0.25, -0.2) is 9.67 Å². The number of aromatic nitrogens is 3. The van der Waals surface area contributed by atoms with E-state index < -0.39 is 28.3 Å².